The highest BCUT2D eigenvalue weighted by atomic mass is 16.5. The highest BCUT2D eigenvalue weighted by Crippen LogP contribution is 2.21. The molecule has 0 amide bonds. The maximum absolute atomic E-state index is 11.6. The van der Waals surface area contributed by atoms with Crippen molar-refractivity contribution in [1.29, 1.82) is 0 Å². The molecule has 4 heteroatoms. The molecule has 1 atom stereocenters. The van der Waals surface area contributed by atoms with E-state index in [1.54, 1.807) is 14.2 Å². The molecule has 0 radical (unpaired) electrons. The van der Waals surface area contributed by atoms with Crippen LogP contribution in [0.3, 0.4) is 0 Å². The van der Waals surface area contributed by atoms with Gasteiger partial charge in [-0.05, 0) is 24.7 Å². The van der Waals surface area contributed by atoms with Gasteiger partial charge in [0.1, 0.15) is 5.75 Å². The number of carbonyl (C=O) groups is 1. The Bertz CT molecular complexity index is 352. The van der Waals surface area contributed by atoms with Crippen LogP contribution in [-0.4, -0.2) is 33.8 Å². The predicted octanol–water partition coefficient (Wildman–Crippen LogP) is 1.17. The van der Waals surface area contributed by atoms with Crippen LogP contribution in [0, 0.1) is 0 Å². The van der Waals surface area contributed by atoms with Crippen molar-refractivity contribution >= 4 is 5.97 Å². The van der Waals surface area contributed by atoms with Gasteiger partial charge in [0.2, 0.25) is 0 Å². The van der Waals surface area contributed by atoms with E-state index in [1.165, 1.54) is 7.11 Å². The molecule has 0 aromatic heterocycles. The van der Waals surface area contributed by atoms with E-state index >= 15 is 0 Å². The molecule has 1 unspecified atom stereocenters. The summed E-state index contributed by atoms with van der Waals surface area (Å²) in [5.41, 5.74) is 0.889. The number of esters is 1. The third kappa shape index (κ3) is 2.97. The number of methoxy groups -OCH3 is 2. The van der Waals surface area contributed by atoms with Crippen molar-refractivity contribution in [1.82, 2.24) is 5.32 Å². The van der Waals surface area contributed by atoms with Gasteiger partial charge in [-0.15, -0.1) is 0 Å². The second-order valence-corrected chi connectivity index (χ2v) is 3.41. The molecule has 0 fully saturated rings. The van der Waals surface area contributed by atoms with Gasteiger partial charge >= 0.3 is 5.97 Å². The highest BCUT2D eigenvalue weighted by molar-refractivity contribution is 5.78. The van der Waals surface area contributed by atoms with Crippen molar-refractivity contribution < 1.29 is 14.3 Å². The minimum absolute atomic E-state index is 0.248. The standard InChI is InChI=1S/C12H17NO3/c1-13-8-11(12(14)16-3)9-5-4-6-10(7-9)15-2/h4-7,11,13H,8H2,1-3H3. The van der Waals surface area contributed by atoms with E-state index in [2.05, 4.69) is 5.32 Å². The van der Waals surface area contributed by atoms with Crippen LogP contribution in [0.2, 0.25) is 0 Å². The number of likely N-dealkylation sites (N-methyl/N-ethyl adjacent to an activating group) is 1. The molecular formula is C12H17NO3. The minimum Gasteiger partial charge on any atom is -0.497 e. The van der Waals surface area contributed by atoms with Crippen molar-refractivity contribution in [2.75, 3.05) is 27.8 Å². The first-order valence-electron chi connectivity index (χ1n) is 5.09. The summed E-state index contributed by atoms with van der Waals surface area (Å²) in [5, 5.41) is 2.98. The molecule has 16 heavy (non-hydrogen) atoms. The summed E-state index contributed by atoms with van der Waals surface area (Å²) in [6, 6.07) is 7.44. The first kappa shape index (κ1) is 12.5. The van der Waals surface area contributed by atoms with Crippen molar-refractivity contribution in [3.63, 3.8) is 0 Å². The zero-order valence-electron chi connectivity index (χ0n) is 9.82. The molecule has 88 valence electrons. The van der Waals surface area contributed by atoms with Gasteiger partial charge in [0.15, 0.2) is 0 Å². The molecule has 0 bridgehead atoms. The number of nitrogens with one attached hydrogen (secondary N) is 1. The number of carbonyl (C=O) groups excluding carboxylic acids is 1. The molecule has 0 aliphatic carbocycles. The van der Waals surface area contributed by atoms with E-state index in [0.717, 1.165) is 11.3 Å². The van der Waals surface area contributed by atoms with Crippen LogP contribution in [0.1, 0.15) is 11.5 Å². The van der Waals surface area contributed by atoms with Gasteiger partial charge in [0.05, 0.1) is 20.1 Å². The second kappa shape index (κ2) is 6.12. The summed E-state index contributed by atoms with van der Waals surface area (Å²) in [4.78, 5) is 11.6. The van der Waals surface area contributed by atoms with E-state index in [1.807, 2.05) is 24.3 Å². The summed E-state index contributed by atoms with van der Waals surface area (Å²) >= 11 is 0. The molecule has 1 N–H and O–H groups in total. The van der Waals surface area contributed by atoms with Crippen molar-refractivity contribution in [3.8, 4) is 5.75 Å². The van der Waals surface area contributed by atoms with Crippen molar-refractivity contribution in [3.05, 3.63) is 29.8 Å². The summed E-state index contributed by atoms with van der Waals surface area (Å²) in [6.45, 7) is 0.542. The van der Waals surface area contributed by atoms with Crippen LogP contribution in [0.5, 0.6) is 5.75 Å². The molecule has 0 saturated heterocycles. The van der Waals surface area contributed by atoms with Gasteiger partial charge in [-0.1, -0.05) is 12.1 Å². The third-order valence-corrected chi connectivity index (χ3v) is 2.39. The number of rotatable bonds is 5. The lowest BCUT2D eigenvalue weighted by atomic mass is 9.99. The Morgan fingerprint density at radius 3 is 2.75 bits per heavy atom. The number of hydrogen-bond acceptors (Lipinski definition) is 4. The lowest BCUT2D eigenvalue weighted by molar-refractivity contribution is -0.142. The number of ether oxygens (including phenoxy) is 2. The van der Waals surface area contributed by atoms with Crippen LogP contribution in [0.4, 0.5) is 0 Å². The summed E-state index contributed by atoms with van der Waals surface area (Å²) in [5.74, 6) is 0.190. The summed E-state index contributed by atoms with van der Waals surface area (Å²) in [6.07, 6.45) is 0. The Morgan fingerprint density at radius 2 is 2.19 bits per heavy atom. The average Bonchev–Trinajstić information content (AvgIpc) is 2.35. The van der Waals surface area contributed by atoms with Gasteiger partial charge < -0.3 is 14.8 Å². The van der Waals surface area contributed by atoms with Crippen LogP contribution >= 0.6 is 0 Å². The Hall–Kier alpha value is -1.55. The second-order valence-electron chi connectivity index (χ2n) is 3.41. The van der Waals surface area contributed by atoms with Crippen LogP contribution in [0.15, 0.2) is 24.3 Å². The smallest absolute Gasteiger partial charge is 0.314 e. The molecule has 1 aromatic carbocycles. The van der Waals surface area contributed by atoms with E-state index in [-0.39, 0.29) is 11.9 Å². The highest BCUT2D eigenvalue weighted by Gasteiger charge is 2.20. The Morgan fingerprint density at radius 1 is 1.44 bits per heavy atom. The largest absolute Gasteiger partial charge is 0.497 e. The summed E-state index contributed by atoms with van der Waals surface area (Å²) < 4.78 is 9.90. The van der Waals surface area contributed by atoms with E-state index < -0.39 is 0 Å². The van der Waals surface area contributed by atoms with Gasteiger partial charge in [0.25, 0.3) is 0 Å². The SMILES string of the molecule is CNCC(C(=O)OC)c1cccc(OC)c1. The molecule has 0 aliphatic heterocycles. The molecule has 0 aliphatic rings. The van der Waals surface area contributed by atoms with Gasteiger partial charge in [-0.3, -0.25) is 4.79 Å². The average molecular weight is 223 g/mol. The van der Waals surface area contributed by atoms with Gasteiger partial charge in [0, 0.05) is 6.54 Å². The maximum atomic E-state index is 11.6. The first-order chi connectivity index (χ1) is 7.72. The Balaban J connectivity index is 2.95. The van der Waals surface area contributed by atoms with Gasteiger partial charge in [-0.2, -0.15) is 0 Å². The fourth-order valence-electron chi connectivity index (χ4n) is 1.54. The molecule has 0 heterocycles. The Kier molecular flexibility index (Phi) is 4.79. The minimum atomic E-state index is -0.301. The van der Waals surface area contributed by atoms with E-state index in [4.69, 9.17) is 9.47 Å². The quantitative estimate of drug-likeness (QED) is 0.761. The Labute approximate surface area is 95.6 Å². The van der Waals surface area contributed by atoms with Gasteiger partial charge in [-0.25, -0.2) is 0 Å². The fourth-order valence-corrected chi connectivity index (χ4v) is 1.54. The third-order valence-electron chi connectivity index (χ3n) is 2.39. The van der Waals surface area contributed by atoms with Crippen molar-refractivity contribution in [2.24, 2.45) is 0 Å². The molecule has 1 rings (SSSR count). The van der Waals surface area contributed by atoms with Crippen molar-refractivity contribution in [2.45, 2.75) is 5.92 Å². The predicted molar refractivity (Wildman–Crippen MR) is 61.7 cm³/mol. The van der Waals surface area contributed by atoms with Crippen LogP contribution in [-0.2, 0) is 9.53 Å². The summed E-state index contributed by atoms with van der Waals surface area (Å²) in [7, 11) is 4.80. The van der Waals surface area contributed by atoms with E-state index in [9.17, 15) is 4.79 Å². The number of hydrogen-bond donors (Lipinski definition) is 1. The molecule has 1 aromatic rings. The lowest BCUT2D eigenvalue weighted by Crippen LogP contribution is -2.25. The zero-order chi connectivity index (χ0) is 12.0. The van der Waals surface area contributed by atoms with E-state index in [0.29, 0.717) is 6.54 Å². The molecule has 0 saturated carbocycles. The molecule has 0 spiro atoms. The zero-order valence-corrected chi connectivity index (χ0v) is 9.82. The van der Waals surface area contributed by atoms with Crippen LogP contribution < -0.4 is 10.1 Å². The van der Waals surface area contributed by atoms with Crippen LogP contribution in [0.25, 0.3) is 0 Å². The molecule has 4 nitrogen and oxygen atoms in total. The normalized spacial score (nSPS) is 11.9. The topological polar surface area (TPSA) is 47.6 Å². The fraction of sp³-hybridized carbons (Fsp3) is 0.417. The molecular weight excluding hydrogens is 206 g/mol. The monoisotopic (exact) mass is 223 g/mol. The lowest BCUT2D eigenvalue weighted by Gasteiger charge is -2.15. The maximum Gasteiger partial charge on any atom is 0.314 e. The number of benzene rings is 1. The first-order valence-corrected chi connectivity index (χ1v) is 5.09.